The molecule has 0 saturated carbocycles. The lowest BCUT2D eigenvalue weighted by atomic mass is 10.1. The van der Waals surface area contributed by atoms with Crippen LogP contribution in [-0.2, 0) is 0 Å². The second-order valence-corrected chi connectivity index (χ2v) is 3.55. The Kier molecular flexibility index (Phi) is 5.76. The highest BCUT2D eigenvalue weighted by molar-refractivity contribution is 5.64. The molecule has 0 aromatic heterocycles. The first-order valence-corrected chi connectivity index (χ1v) is 5.58. The van der Waals surface area contributed by atoms with Crippen LogP contribution in [0.25, 0.3) is 5.57 Å². The number of benzene rings is 1. The van der Waals surface area contributed by atoms with Crippen molar-refractivity contribution in [1.82, 2.24) is 0 Å². The molecule has 0 nitrogen and oxygen atoms in total. The van der Waals surface area contributed by atoms with Crippen LogP contribution in [-0.4, -0.2) is 0 Å². The van der Waals surface area contributed by atoms with Crippen LogP contribution in [0.2, 0.25) is 0 Å². The molecule has 0 aliphatic heterocycles. The van der Waals surface area contributed by atoms with E-state index in [1.54, 1.807) is 0 Å². The van der Waals surface area contributed by atoms with E-state index < -0.39 is 0 Å². The summed E-state index contributed by atoms with van der Waals surface area (Å²) < 4.78 is 0. The van der Waals surface area contributed by atoms with Crippen molar-refractivity contribution in [3.8, 4) is 0 Å². The van der Waals surface area contributed by atoms with E-state index in [2.05, 4.69) is 30.5 Å². The normalized spacial score (nSPS) is 9.81. The molecule has 0 radical (unpaired) electrons. The molecule has 0 unspecified atom stereocenters. The van der Waals surface area contributed by atoms with Gasteiger partial charge in [-0.2, -0.15) is 0 Å². The Morgan fingerprint density at radius 3 is 2.69 bits per heavy atom. The molecule has 0 N–H and O–H groups in total. The van der Waals surface area contributed by atoms with Crippen LogP contribution in [0.5, 0.6) is 0 Å². The maximum Gasteiger partial charge on any atom is -0.00213 e. The predicted molar refractivity (Wildman–Crippen MR) is 72.2 cm³/mol. The Labute approximate surface area is 98.3 Å². The zero-order valence-corrected chi connectivity index (χ0v) is 9.82. The number of rotatable bonds is 5. The van der Waals surface area contributed by atoms with E-state index in [4.69, 9.17) is 0 Å². The number of allylic oxidation sites excluding steroid dienone is 4. The quantitative estimate of drug-likeness (QED) is 0.485. The molecule has 0 amide bonds. The third kappa shape index (κ3) is 4.63. The van der Waals surface area contributed by atoms with Gasteiger partial charge in [-0.1, -0.05) is 49.1 Å². The van der Waals surface area contributed by atoms with Crippen molar-refractivity contribution in [2.45, 2.75) is 19.8 Å². The maximum atomic E-state index is 4.06. The highest BCUT2D eigenvalue weighted by Gasteiger charge is 1.93. The van der Waals surface area contributed by atoms with E-state index in [-0.39, 0.29) is 0 Å². The Hall–Kier alpha value is -1.78. The van der Waals surface area contributed by atoms with Gasteiger partial charge in [-0.05, 0) is 43.1 Å². The van der Waals surface area contributed by atoms with Gasteiger partial charge in [-0.25, -0.2) is 0 Å². The van der Waals surface area contributed by atoms with Gasteiger partial charge in [0, 0.05) is 0 Å². The van der Waals surface area contributed by atoms with Crippen molar-refractivity contribution in [2.24, 2.45) is 0 Å². The standard InChI is InChI=1S/C16H18/c1-3-4-5-6-7-9-12-15(2)16-13-10-8-11-14-16/h3-4,6,8-11,13-14H,2,5,12H2,1H3. The van der Waals surface area contributed by atoms with Crippen LogP contribution < -0.4 is 0 Å². The Bertz CT molecular complexity index is 401. The van der Waals surface area contributed by atoms with Gasteiger partial charge in [0.05, 0.1) is 0 Å². The summed E-state index contributed by atoms with van der Waals surface area (Å²) in [5.74, 6) is 0. The largest absolute Gasteiger partial charge is 0.129 e. The summed E-state index contributed by atoms with van der Waals surface area (Å²) in [6, 6.07) is 10.3. The van der Waals surface area contributed by atoms with Crippen LogP contribution in [0.3, 0.4) is 0 Å². The fourth-order valence-corrected chi connectivity index (χ4v) is 1.33. The molecular formula is C16H18. The van der Waals surface area contributed by atoms with Crippen molar-refractivity contribution >= 4 is 5.57 Å². The molecule has 0 aliphatic rings. The first-order valence-electron chi connectivity index (χ1n) is 5.58. The summed E-state index contributed by atoms with van der Waals surface area (Å²) in [4.78, 5) is 0. The van der Waals surface area contributed by atoms with Crippen LogP contribution in [0.4, 0.5) is 0 Å². The molecular weight excluding hydrogens is 192 g/mol. The first kappa shape index (κ1) is 12.3. The highest BCUT2D eigenvalue weighted by atomic mass is 14.0. The van der Waals surface area contributed by atoms with E-state index in [9.17, 15) is 0 Å². The van der Waals surface area contributed by atoms with Crippen molar-refractivity contribution < 1.29 is 0 Å². The van der Waals surface area contributed by atoms with Gasteiger partial charge in [-0.3, -0.25) is 0 Å². The summed E-state index contributed by atoms with van der Waals surface area (Å²) in [6.07, 6.45) is 10.0. The third-order valence-electron chi connectivity index (χ3n) is 2.26. The van der Waals surface area contributed by atoms with Gasteiger partial charge in [0.2, 0.25) is 0 Å². The molecule has 1 aromatic carbocycles. The minimum absolute atomic E-state index is 0.857. The van der Waals surface area contributed by atoms with E-state index in [0.717, 1.165) is 18.4 Å². The van der Waals surface area contributed by atoms with Crippen molar-refractivity contribution in [1.29, 1.82) is 0 Å². The second kappa shape index (κ2) is 7.50. The fourth-order valence-electron chi connectivity index (χ4n) is 1.33. The van der Waals surface area contributed by atoms with Crippen LogP contribution in [0.15, 0.2) is 66.9 Å². The van der Waals surface area contributed by atoms with E-state index in [0.29, 0.717) is 0 Å². The average molecular weight is 210 g/mol. The monoisotopic (exact) mass is 210 g/mol. The summed E-state index contributed by atoms with van der Waals surface area (Å²) >= 11 is 0. The molecule has 16 heavy (non-hydrogen) atoms. The highest BCUT2D eigenvalue weighted by Crippen LogP contribution is 2.15. The Morgan fingerprint density at radius 1 is 1.25 bits per heavy atom. The molecule has 82 valence electrons. The number of hydrogen-bond acceptors (Lipinski definition) is 0. The van der Waals surface area contributed by atoms with Gasteiger partial charge >= 0.3 is 0 Å². The molecule has 1 aromatic rings. The zero-order chi connectivity index (χ0) is 11.6. The third-order valence-corrected chi connectivity index (χ3v) is 2.26. The van der Waals surface area contributed by atoms with E-state index in [1.807, 2.05) is 43.4 Å². The summed E-state index contributed by atoms with van der Waals surface area (Å²) in [7, 11) is 0. The average Bonchev–Trinajstić information content (AvgIpc) is 2.34. The lowest BCUT2D eigenvalue weighted by Crippen LogP contribution is -1.78. The molecule has 0 heterocycles. The molecule has 0 bridgehead atoms. The van der Waals surface area contributed by atoms with Gasteiger partial charge in [0.25, 0.3) is 0 Å². The fraction of sp³-hybridized carbons (Fsp3) is 0.188. The predicted octanol–water partition coefficient (Wildman–Crippen LogP) is 4.77. The van der Waals surface area contributed by atoms with Crippen molar-refractivity contribution in [3.05, 3.63) is 72.5 Å². The molecule has 0 atom stereocenters. The lowest BCUT2D eigenvalue weighted by Gasteiger charge is -2.00. The van der Waals surface area contributed by atoms with E-state index >= 15 is 0 Å². The molecule has 0 spiro atoms. The van der Waals surface area contributed by atoms with Gasteiger partial charge in [0.15, 0.2) is 0 Å². The van der Waals surface area contributed by atoms with Crippen molar-refractivity contribution in [3.63, 3.8) is 0 Å². The number of hydrogen-bond donors (Lipinski definition) is 0. The van der Waals surface area contributed by atoms with E-state index in [1.165, 1.54) is 5.56 Å². The molecule has 0 saturated heterocycles. The zero-order valence-electron chi connectivity index (χ0n) is 9.82. The summed E-state index contributed by atoms with van der Waals surface area (Å²) in [5, 5.41) is 0. The van der Waals surface area contributed by atoms with Crippen molar-refractivity contribution in [2.75, 3.05) is 0 Å². The molecule has 0 fully saturated rings. The molecule has 0 heteroatoms. The van der Waals surface area contributed by atoms with Crippen LogP contribution in [0, 0.1) is 0 Å². The molecule has 1 rings (SSSR count). The summed E-state index contributed by atoms with van der Waals surface area (Å²) in [6.45, 7) is 6.08. The lowest BCUT2D eigenvalue weighted by molar-refractivity contribution is 1.36. The van der Waals surface area contributed by atoms with Crippen LogP contribution in [0.1, 0.15) is 25.3 Å². The Balaban J connectivity index is 2.44. The SMILES string of the molecule is C=C(CC=C=CCC=CC)c1ccccc1. The Morgan fingerprint density at radius 2 is 2.00 bits per heavy atom. The van der Waals surface area contributed by atoms with Crippen LogP contribution >= 0.6 is 0 Å². The minimum atomic E-state index is 0.857. The van der Waals surface area contributed by atoms with Gasteiger partial charge in [-0.15, -0.1) is 5.73 Å². The minimum Gasteiger partial charge on any atom is -0.129 e. The maximum absolute atomic E-state index is 4.06. The topological polar surface area (TPSA) is 0 Å². The summed E-state index contributed by atoms with van der Waals surface area (Å²) in [5.41, 5.74) is 5.49. The van der Waals surface area contributed by atoms with Gasteiger partial charge < -0.3 is 0 Å². The second-order valence-electron chi connectivity index (χ2n) is 3.55. The molecule has 0 aliphatic carbocycles. The first-order chi connectivity index (χ1) is 7.84. The van der Waals surface area contributed by atoms with Gasteiger partial charge in [0.1, 0.15) is 0 Å². The smallest absolute Gasteiger partial charge is 0.00213 e.